The topological polar surface area (TPSA) is 18.5 Å². The lowest BCUT2D eigenvalue weighted by Gasteiger charge is -2.13. The first-order chi connectivity index (χ1) is 20.7. The molecule has 0 unspecified atom stereocenters. The first-order valence-electron chi connectivity index (χ1n) is 14.2. The average Bonchev–Trinajstić information content (AvgIpc) is 3.06. The number of benzene rings is 7. The zero-order chi connectivity index (χ0) is 28.2. The standard InChI is InChI=1S/C40H28O2/c1-41-37-21-19-31-15-17-33-23-35(31)39(37)40-36-24-34(18-16-32(36)20-22-38(40)42-2)30-13-9-28(10-14-30)26-5-3-25(4-6-26)27-7-11-29(33)12-8-27/h3-24H,1-2H3. The molecule has 42 heavy (non-hydrogen) atoms. The minimum absolute atomic E-state index is 0.820. The van der Waals surface area contributed by atoms with Gasteiger partial charge in [-0.15, -0.1) is 0 Å². The molecule has 12 aromatic carbocycles. The second-order valence-electron chi connectivity index (χ2n) is 10.9. The van der Waals surface area contributed by atoms with E-state index >= 15 is 0 Å². The first-order valence-corrected chi connectivity index (χ1v) is 14.2. The van der Waals surface area contributed by atoms with Crippen molar-refractivity contribution in [2.45, 2.75) is 0 Å². The highest BCUT2D eigenvalue weighted by Crippen LogP contribution is 2.41. The van der Waals surface area contributed by atoms with Crippen molar-refractivity contribution in [1.29, 1.82) is 0 Å². The third kappa shape index (κ3) is 3.88. The molecule has 0 saturated heterocycles. The molecule has 0 aliphatic rings. The summed E-state index contributed by atoms with van der Waals surface area (Å²) in [4.78, 5) is 0. The number of methoxy groups -OCH3 is 2. The molecule has 10 bridgehead atoms. The summed E-state index contributed by atoms with van der Waals surface area (Å²) in [5.74, 6) is 1.64. The number of ether oxygens (including phenoxy) is 2. The number of fused-ring (bicyclic) bond motifs is 1. The average molecular weight is 541 g/mol. The molecular formula is C40H28O2. The van der Waals surface area contributed by atoms with Crippen molar-refractivity contribution in [3.63, 3.8) is 0 Å². The Hall–Kier alpha value is -5.34. The maximum absolute atomic E-state index is 6.03. The van der Waals surface area contributed by atoms with Crippen molar-refractivity contribution in [3.8, 4) is 11.5 Å². The molecule has 0 fully saturated rings. The van der Waals surface area contributed by atoms with E-state index in [0.29, 0.717) is 0 Å². The molecule has 0 heterocycles. The molecule has 0 saturated carbocycles. The summed E-state index contributed by atoms with van der Waals surface area (Å²) in [6.45, 7) is 0. The molecule has 0 aromatic heterocycles. The van der Waals surface area contributed by atoms with Gasteiger partial charge in [0.25, 0.3) is 0 Å². The van der Waals surface area contributed by atoms with Crippen LogP contribution < -0.4 is 9.47 Å². The predicted molar refractivity (Wildman–Crippen MR) is 180 cm³/mol. The van der Waals surface area contributed by atoms with E-state index in [1.165, 1.54) is 32.3 Å². The van der Waals surface area contributed by atoms with Crippen LogP contribution in [0.4, 0.5) is 0 Å². The van der Waals surface area contributed by atoms with Crippen molar-refractivity contribution < 1.29 is 9.47 Å². The van der Waals surface area contributed by atoms with Gasteiger partial charge in [-0.3, -0.25) is 0 Å². The highest BCUT2D eigenvalue weighted by atomic mass is 16.5. The number of rotatable bonds is 2. The summed E-state index contributed by atoms with van der Waals surface area (Å²) in [7, 11) is 3.49. The fraction of sp³-hybridized carbons (Fsp3) is 0.0500. The van der Waals surface area contributed by atoms with Crippen LogP contribution in [0.2, 0.25) is 0 Å². The molecule has 12 aromatic rings. The third-order valence-electron chi connectivity index (χ3n) is 8.64. The maximum atomic E-state index is 6.03. The van der Waals surface area contributed by atoms with Gasteiger partial charge in [-0.25, -0.2) is 0 Å². The van der Waals surface area contributed by atoms with Crippen LogP contribution in [0.3, 0.4) is 0 Å². The minimum Gasteiger partial charge on any atom is -0.496 e. The minimum atomic E-state index is 0.820. The largest absolute Gasteiger partial charge is 0.496 e. The summed E-state index contributed by atoms with van der Waals surface area (Å²) in [6.07, 6.45) is 0. The Kier molecular flexibility index (Phi) is 5.61. The SMILES string of the molecule is COc1ccc2ccc3cc2c1c1c(OC)ccc2ccc(cc21)c1ccc(cc1)c1ccc(cc1)c1ccc3cc1. The summed E-state index contributed by atoms with van der Waals surface area (Å²) < 4.78 is 12.1. The molecule has 0 spiro atoms. The third-order valence-corrected chi connectivity index (χ3v) is 8.64. The molecule has 0 radical (unpaired) electrons. The Morgan fingerprint density at radius 3 is 0.833 bits per heavy atom. The smallest absolute Gasteiger partial charge is 0.127 e. The fourth-order valence-corrected chi connectivity index (χ4v) is 6.38. The van der Waals surface area contributed by atoms with E-state index in [-0.39, 0.29) is 0 Å². The van der Waals surface area contributed by atoms with Gasteiger partial charge in [0.15, 0.2) is 0 Å². The lowest BCUT2D eigenvalue weighted by atomic mass is 9.95. The predicted octanol–water partition coefficient (Wildman–Crippen LogP) is 10.9. The molecule has 2 heteroatoms. The Balaban J connectivity index is 1.64. The molecule has 0 aliphatic carbocycles. The van der Waals surface area contributed by atoms with E-state index in [1.54, 1.807) is 14.2 Å². The zero-order valence-electron chi connectivity index (χ0n) is 23.5. The van der Waals surface area contributed by atoms with Crippen LogP contribution in [0, 0.1) is 0 Å². The van der Waals surface area contributed by atoms with E-state index < -0.39 is 0 Å². The van der Waals surface area contributed by atoms with Crippen molar-refractivity contribution >= 4 is 75.4 Å². The molecule has 12 rings (SSSR count). The molecule has 0 N–H and O–H groups in total. The highest BCUT2D eigenvalue weighted by molar-refractivity contribution is 6.21. The lowest BCUT2D eigenvalue weighted by molar-refractivity contribution is 0.416. The van der Waals surface area contributed by atoms with Crippen molar-refractivity contribution in [3.05, 3.63) is 133 Å². The van der Waals surface area contributed by atoms with E-state index in [0.717, 1.165) is 54.6 Å². The fourth-order valence-electron chi connectivity index (χ4n) is 6.38. The van der Waals surface area contributed by atoms with Gasteiger partial charge in [-0.1, -0.05) is 109 Å². The van der Waals surface area contributed by atoms with Crippen LogP contribution in [0.25, 0.3) is 75.4 Å². The Bertz CT molecular complexity index is 2200. The van der Waals surface area contributed by atoms with Crippen LogP contribution in [-0.2, 0) is 0 Å². The van der Waals surface area contributed by atoms with Crippen LogP contribution in [-0.4, -0.2) is 14.2 Å². The van der Waals surface area contributed by atoms with Gasteiger partial charge in [0.05, 0.1) is 14.2 Å². The van der Waals surface area contributed by atoms with Crippen molar-refractivity contribution in [1.82, 2.24) is 0 Å². The van der Waals surface area contributed by atoms with E-state index in [1.807, 2.05) is 0 Å². The summed E-state index contributed by atoms with van der Waals surface area (Å²) in [5, 5.41) is 16.1. The molecule has 0 amide bonds. The van der Waals surface area contributed by atoms with Crippen molar-refractivity contribution in [2.75, 3.05) is 14.2 Å². The molecule has 0 atom stereocenters. The van der Waals surface area contributed by atoms with Crippen LogP contribution in [0.15, 0.2) is 133 Å². The summed E-state index contributed by atoms with van der Waals surface area (Å²) >= 11 is 0. The zero-order valence-corrected chi connectivity index (χ0v) is 23.5. The molecule has 0 aliphatic heterocycles. The second-order valence-corrected chi connectivity index (χ2v) is 10.9. The first kappa shape index (κ1) is 24.5. The Labute approximate surface area is 243 Å². The quantitative estimate of drug-likeness (QED) is 0.217. The second kappa shape index (κ2) is 9.64. The van der Waals surface area contributed by atoms with E-state index in [2.05, 4.69) is 133 Å². The number of hydrogen-bond acceptors (Lipinski definition) is 2. The molecular weight excluding hydrogens is 512 g/mol. The van der Waals surface area contributed by atoms with Crippen LogP contribution in [0.1, 0.15) is 0 Å². The molecule has 200 valence electrons. The van der Waals surface area contributed by atoms with Crippen LogP contribution in [0.5, 0.6) is 11.5 Å². The van der Waals surface area contributed by atoms with Gasteiger partial charge in [0.1, 0.15) is 11.5 Å². The monoisotopic (exact) mass is 540 g/mol. The van der Waals surface area contributed by atoms with Gasteiger partial charge in [-0.2, -0.15) is 0 Å². The van der Waals surface area contributed by atoms with Gasteiger partial charge in [-0.05, 0) is 88.9 Å². The molecule has 2 nitrogen and oxygen atoms in total. The summed E-state index contributed by atoms with van der Waals surface area (Å²) in [6, 6.07) is 48.4. The van der Waals surface area contributed by atoms with Crippen LogP contribution >= 0.6 is 0 Å². The van der Waals surface area contributed by atoms with E-state index in [9.17, 15) is 0 Å². The Morgan fingerprint density at radius 2 is 0.524 bits per heavy atom. The number of hydrogen-bond donors (Lipinski definition) is 0. The van der Waals surface area contributed by atoms with Gasteiger partial charge >= 0.3 is 0 Å². The Morgan fingerprint density at radius 1 is 0.286 bits per heavy atom. The van der Waals surface area contributed by atoms with E-state index in [4.69, 9.17) is 9.47 Å². The highest BCUT2D eigenvalue weighted by Gasteiger charge is 2.13. The summed E-state index contributed by atoms with van der Waals surface area (Å²) in [5.41, 5.74) is 0. The van der Waals surface area contributed by atoms with Crippen molar-refractivity contribution in [2.24, 2.45) is 0 Å². The van der Waals surface area contributed by atoms with Gasteiger partial charge in [0.2, 0.25) is 0 Å². The normalized spacial score (nSPS) is 11.6. The van der Waals surface area contributed by atoms with Gasteiger partial charge in [0, 0.05) is 10.8 Å². The van der Waals surface area contributed by atoms with Gasteiger partial charge < -0.3 is 9.47 Å². The maximum Gasteiger partial charge on any atom is 0.127 e. The lowest BCUT2D eigenvalue weighted by Crippen LogP contribution is -1.90.